The Bertz CT molecular complexity index is 387. The molecular formula is C13H18ClFN2. The first-order valence-electron chi connectivity index (χ1n) is 6.02. The predicted octanol–water partition coefficient (Wildman–Crippen LogP) is 3.01. The maximum absolute atomic E-state index is 13.0. The monoisotopic (exact) mass is 256 g/mol. The van der Waals surface area contributed by atoms with Gasteiger partial charge in [-0.15, -0.1) is 0 Å². The zero-order valence-electron chi connectivity index (χ0n) is 10.3. The smallest absolute Gasteiger partial charge is 0.124 e. The second-order valence-electron chi connectivity index (χ2n) is 4.71. The number of piperazine rings is 1. The summed E-state index contributed by atoms with van der Waals surface area (Å²) in [6.45, 7) is 8.38. The Hall–Kier alpha value is -0.800. The standard InChI is InChI=1S/C13H18ClFN2/c1-10(2)16-5-7-17(8-6-16)13-4-3-11(15)9-12(13)14/h3-4,9-10H,5-8H2,1-2H3. The van der Waals surface area contributed by atoms with Gasteiger partial charge < -0.3 is 4.90 Å². The fourth-order valence-corrected chi connectivity index (χ4v) is 2.50. The van der Waals surface area contributed by atoms with Crippen molar-refractivity contribution in [3.63, 3.8) is 0 Å². The van der Waals surface area contributed by atoms with Gasteiger partial charge in [-0.3, -0.25) is 4.90 Å². The average molecular weight is 257 g/mol. The second-order valence-corrected chi connectivity index (χ2v) is 5.12. The molecule has 1 aliphatic rings. The Balaban J connectivity index is 2.05. The Labute approximate surface area is 107 Å². The van der Waals surface area contributed by atoms with Gasteiger partial charge in [0, 0.05) is 32.2 Å². The van der Waals surface area contributed by atoms with E-state index in [9.17, 15) is 4.39 Å². The lowest BCUT2D eigenvalue weighted by Crippen LogP contribution is -2.49. The van der Waals surface area contributed by atoms with Crippen molar-refractivity contribution in [3.05, 3.63) is 29.0 Å². The number of hydrogen-bond acceptors (Lipinski definition) is 2. The van der Waals surface area contributed by atoms with E-state index in [0.717, 1.165) is 31.9 Å². The van der Waals surface area contributed by atoms with Gasteiger partial charge in [-0.05, 0) is 32.0 Å². The number of halogens is 2. The molecule has 2 nitrogen and oxygen atoms in total. The molecule has 0 aliphatic carbocycles. The van der Waals surface area contributed by atoms with Crippen LogP contribution < -0.4 is 4.90 Å². The lowest BCUT2D eigenvalue weighted by Gasteiger charge is -2.38. The summed E-state index contributed by atoms with van der Waals surface area (Å²) in [5.41, 5.74) is 0.941. The van der Waals surface area contributed by atoms with Crippen LogP contribution in [-0.2, 0) is 0 Å². The highest BCUT2D eigenvalue weighted by atomic mass is 35.5. The zero-order chi connectivity index (χ0) is 12.4. The van der Waals surface area contributed by atoms with Crippen molar-refractivity contribution in [2.24, 2.45) is 0 Å². The van der Waals surface area contributed by atoms with Crippen LogP contribution in [0.15, 0.2) is 18.2 Å². The molecule has 0 unspecified atom stereocenters. The molecule has 2 rings (SSSR count). The Morgan fingerprint density at radius 1 is 1.18 bits per heavy atom. The molecule has 0 spiro atoms. The van der Waals surface area contributed by atoms with Crippen LogP contribution in [0.5, 0.6) is 0 Å². The van der Waals surface area contributed by atoms with Crippen molar-refractivity contribution in [2.45, 2.75) is 19.9 Å². The van der Waals surface area contributed by atoms with Gasteiger partial charge in [0.2, 0.25) is 0 Å². The SMILES string of the molecule is CC(C)N1CCN(c2ccc(F)cc2Cl)CC1. The Morgan fingerprint density at radius 3 is 2.35 bits per heavy atom. The van der Waals surface area contributed by atoms with Crippen molar-refractivity contribution in [2.75, 3.05) is 31.1 Å². The lowest BCUT2D eigenvalue weighted by atomic mass is 10.2. The molecule has 0 saturated carbocycles. The summed E-state index contributed by atoms with van der Waals surface area (Å²) in [4.78, 5) is 4.66. The lowest BCUT2D eigenvalue weighted by molar-refractivity contribution is 0.209. The number of nitrogens with zero attached hydrogens (tertiary/aromatic N) is 2. The van der Waals surface area contributed by atoms with Crippen LogP contribution in [0, 0.1) is 5.82 Å². The number of anilines is 1. The summed E-state index contributed by atoms with van der Waals surface area (Å²) >= 11 is 6.07. The van der Waals surface area contributed by atoms with E-state index in [1.165, 1.54) is 12.1 Å². The van der Waals surface area contributed by atoms with Crippen molar-refractivity contribution in [3.8, 4) is 0 Å². The Morgan fingerprint density at radius 2 is 1.82 bits per heavy atom. The van der Waals surface area contributed by atoms with E-state index < -0.39 is 0 Å². The summed E-state index contributed by atoms with van der Waals surface area (Å²) in [6.07, 6.45) is 0. The minimum Gasteiger partial charge on any atom is -0.368 e. The minimum atomic E-state index is -0.278. The largest absolute Gasteiger partial charge is 0.368 e. The quantitative estimate of drug-likeness (QED) is 0.803. The molecule has 17 heavy (non-hydrogen) atoms. The molecule has 0 radical (unpaired) electrons. The minimum absolute atomic E-state index is 0.278. The van der Waals surface area contributed by atoms with Gasteiger partial charge in [0.25, 0.3) is 0 Å². The van der Waals surface area contributed by atoms with Crippen LogP contribution in [0.2, 0.25) is 5.02 Å². The summed E-state index contributed by atoms with van der Waals surface area (Å²) in [5.74, 6) is -0.278. The average Bonchev–Trinajstić information content (AvgIpc) is 2.29. The van der Waals surface area contributed by atoms with Gasteiger partial charge in [-0.25, -0.2) is 4.39 Å². The summed E-state index contributed by atoms with van der Waals surface area (Å²) in [5, 5.41) is 0.503. The van der Waals surface area contributed by atoms with Crippen molar-refractivity contribution in [1.29, 1.82) is 0 Å². The highest BCUT2D eigenvalue weighted by Gasteiger charge is 2.20. The van der Waals surface area contributed by atoms with E-state index in [1.807, 2.05) is 0 Å². The van der Waals surface area contributed by atoms with Gasteiger partial charge in [0.1, 0.15) is 5.82 Å². The fraction of sp³-hybridized carbons (Fsp3) is 0.538. The van der Waals surface area contributed by atoms with Gasteiger partial charge in [0.05, 0.1) is 10.7 Å². The first kappa shape index (κ1) is 12.7. The summed E-state index contributed by atoms with van der Waals surface area (Å²) < 4.78 is 13.0. The van der Waals surface area contributed by atoms with Crippen molar-refractivity contribution < 1.29 is 4.39 Å². The molecule has 94 valence electrons. The van der Waals surface area contributed by atoms with E-state index >= 15 is 0 Å². The van der Waals surface area contributed by atoms with Crippen LogP contribution >= 0.6 is 11.6 Å². The van der Waals surface area contributed by atoms with Crippen LogP contribution in [-0.4, -0.2) is 37.1 Å². The van der Waals surface area contributed by atoms with Gasteiger partial charge >= 0.3 is 0 Å². The number of rotatable bonds is 2. The van der Waals surface area contributed by atoms with E-state index in [2.05, 4.69) is 23.6 Å². The molecule has 0 bridgehead atoms. The first-order chi connectivity index (χ1) is 8.08. The third kappa shape index (κ3) is 2.90. The van der Waals surface area contributed by atoms with Crippen LogP contribution in [0.3, 0.4) is 0 Å². The summed E-state index contributed by atoms with van der Waals surface area (Å²) in [7, 11) is 0. The summed E-state index contributed by atoms with van der Waals surface area (Å²) in [6, 6.07) is 5.20. The zero-order valence-corrected chi connectivity index (χ0v) is 11.0. The molecule has 0 N–H and O–H groups in total. The molecule has 0 aromatic heterocycles. The second kappa shape index (κ2) is 5.23. The van der Waals surface area contributed by atoms with Gasteiger partial charge in [-0.1, -0.05) is 11.6 Å². The number of benzene rings is 1. The van der Waals surface area contributed by atoms with Crippen molar-refractivity contribution >= 4 is 17.3 Å². The van der Waals surface area contributed by atoms with Crippen LogP contribution in [0.4, 0.5) is 10.1 Å². The van der Waals surface area contributed by atoms with E-state index in [0.29, 0.717) is 11.1 Å². The fourth-order valence-electron chi connectivity index (χ4n) is 2.22. The molecule has 4 heteroatoms. The molecule has 1 heterocycles. The molecule has 1 aromatic rings. The van der Waals surface area contributed by atoms with E-state index in [1.54, 1.807) is 6.07 Å². The van der Waals surface area contributed by atoms with Gasteiger partial charge in [0.15, 0.2) is 0 Å². The molecule has 1 saturated heterocycles. The predicted molar refractivity (Wildman–Crippen MR) is 70.3 cm³/mol. The molecule has 0 atom stereocenters. The highest BCUT2D eigenvalue weighted by molar-refractivity contribution is 6.33. The van der Waals surface area contributed by atoms with Crippen LogP contribution in [0.1, 0.15) is 13.8 Å². The topological polar surface area (TPSA) is 6.48 Å². The van der Waals surface area contributed by atoms with Gasteiger partial charge in [-0.2, -0.15) is 0 Å². The first-order valence-corrected chi connectivity index (χ1v) is 6.40. The third-order valence-corrected chi connectivity index (χ3v) is 3.60. The maximum Gasteiger partial charge on any atom is 0.124 e. The molecular weight excluding hydrogens is 239 g/mol. The normalized spacial score (nSPS) is 17.8. The highest BCUT2D eigenvalue weighted by Crippen LogP contribution is 2.27. The molecule has 1 aliphatic heterocycles. The van der Waals surface area contributed by atoms with E-state index in [4.69, 9.17) is 11.6 Å². The Kier molecular flexibility index (Phi) is 3.89. The third-order valence-electron chi connectivity index (χ3n) is 3.29. The van der Waals surface area contributed by atoms with Crippen molar-refractivity contribution in [1.82, 2.24) is 4.90 Å². The molecule has 1 fully saturated rings. The van der Waals surface area contributed by atoms with E-state index in [-0.39, 0.29) is 5.82 Å². The molecule has 1 aromatic carbocycles. The maximum atomic E-state index is 13.0. The van der Waals surface area contributed by atoms with Crippen LogP contribution in [0.25, 0.3) is 0 Å². The number of hydrogen-bond donors (Lipinski definition) is 0. The molecule has 0 amide bonds.